The van der Waals surface area contributed by atoms with E-state index < -0.39 is 0 Å². The van der Waals surface area contributed by atoms with Gasteiger partial charge in [-0.2, -0.15) is 0 Å². The summed E-state index contributed by atoms with van der Waals surface area (Å²) in [6.45, 7) is 0. The van der Waals surface area contributed by atoms with Crippen LogP contribution >= 0.6 is 31.9 Å². The predicted molar refractivity (Wildman–Crippen MR) is 88.1 cm³/mol. The van der Waals surface area contributed by atoms with Crippen LogP contribution in [0.3, 0.4) is 0 Å². The molecule has 2 atom stereocenters. The number of halogens is 2. The second-order valence-corrected chi connectivity index (χ2v) is 7.63. The minimum atomic E-state index is -0.0976. The van der Waals surface area contributed by atoms with Crippen LogP contribution in [-0.4, -0.2) is 25.3 Å². The zero-order valence-electron chi connectivity index (χ0n) is 11.8. The second-order valence-electron chi connectivity index (χ2n) is 4.86. The largest absolute Gasteiger partial charge is 0.458 e. The van der Waals surface area contributed by atoms with E-state index >= 15 is 0 Å². The molecular weight excluding hydrogens is 388 g/mol. The number of rotatable bonds is 9. The number of hydrogen-bond acceptors (Lipinski definition) is 3. The van der Waals surface area contributed by atoms with Crippen LogP contribution in [0.5, 0.6) is 0 Å². The first kappa shape index (κ1) is 17.9. The Bertz CT molecular complexity index is 349. The topological polar surface area (TPSA) is 35.5 Å². The van der Waals surface area contributed by atoms with Crippen molar-refractivity contribution in [2.75, 3.05) is 7.11 Å². The molecule has 0 aromatic heterocycles. The molecule has 0 spiro atoms. The quantitative estimate of drug-likeness (QED) is 0.310. The van der Waals surface area contributed by atoms with Crippen molar-refractivity contribution in [1.29, 1.82) is 0 Å². The Balaban J connectivity index is 2.14. The fourth-order valence-corrected chi connectivity index (χ4v) is 2.56. The third kappa shape index (κ3) is 8.22. The maximum Gasteiger partial charge on any atom is 0.306 e. The number of allylic oxidation sites excluding steroid dienone is 1. The van der Waals surface area contributed by atoms with Gasteiger partial charge in [-0.05, 0) is 63.6 Å². The van der Waals surface area contributed by atoms with E-state index in [-0.39, 0.29) is 18.2 Å². The molecule has 0 radical (unpaired) electrons. The summed E-state index contributed by atoms with van der Waals surface area (Å²) in [6.07, 6.45) is 13.1. The van der Waals surface area contributed by atoms with E-state index in [2.05, 4.69) is 37.9 Å². The van der Waals surface area contributed by atoms with E-state index in [0.29, 0.717) is 6.42 Å². The zero-order chi connectivity index (χ0) is 14.8. The molecule has 1 saturated heterocycles. The van der Waals surface area contributed by atoms with Gasteiger partial charge in [0.2, 0.25) is 0 Å². The van der Waals surface area contributed by atoms with Crippen LogP contribution in [0.4, 0.5) is 0 Å². The molecule has 0 aliphatic carbocycles. The van der Waals surface area contributed by atoms with Gasteiger partial charge in [0.15, 0.2) is 0 Å². The number of unbranched alkanes of at least 4 members (excludes halogenated alkanes) is 3. The van der Waals surface area contributed by atoms with Crippen molar-refractivity contribution in [1.82, 2.24) is 0 Å². The number of cyclic esters (lactones) is 1. The zero-order valence-corrected chi connectivity index (χ0v) is 15.0. The molecule has 0 aromatic rings. The monoisotopic (exact) mass is 408 g/mol. The van der Waals surface area contributed by atoms with E-state index in [1.165, 1.54) is 12.8 Å². The van der Waals surface area contributed by atoms with Gasteiger partial charge in [-0.15, -0.1) is 0 Å². The average molecular weight is 410 g/mol. The standard InChI is InChI=1S/C15H22Br2O3/c1-19-12(6-4-2-3-5-7-14(16)17)8-9-13-10-11-15(18)20-13/h7-9,12-13H,2-6,10-11H2,1H3/b9-8+/t12-,13+/m0/s1. The molecule has 5 heteroatoms. The van der Waals surface area contributed by atoms with Gasteiger partial charge in [-0.1, -0.05) is 25.0 Å². The molecule has 0 amide bonds. The molecule has 3 nitrogen and oxygen atoms in total. The van der Waals surface area contributed by atoms with Gasteiger partial charge in [0.05, 0.1) is 9.50 Å². The molecule has 1 heterocycles. The normalized spacial score (nSPS) is 20.1. The maximum absolute atomic E-state index is 11.0. The summed E-state index contributed by atoms with van der Waals surface area (Å²) in [4.78, 5) is 11.0. The molecule has 114 valence electrons. The molecule has 20 heavy (non-hydrogen) atoms. The van der Waals surface area contributed by atoms with Crippen LogP contribution < -0.4 is 0 Å². The molecule has 0 unspecified atom stereocenters. The van der Waals surface area contributed by atoms with Crippen molar-refractivity contribution in [2.45, 2.75) is 57.2 Å². The fourth-order valence-electron chi connectivity index (χ4n) is 2.10. The Hall–Kier alpha value is -0.130. The minimum Gasteiger partial charge on any atom is -0.458 e. The lowest BCUT2D eigenvalue weighted by atomic mass is 10.1. The highest BCUT2D eigenvalue weighted by molar-refractivity contribution is 9.28. The van der Waals surface area contributed by atoms with Crippen molar-refractivity contribution in [3.8, 4) is 0 Å². The fraction of sp³-hybridized carbons (Fsp3) is 0.667. The first-order chi connectivity index (χ1) is 9.61. The molecule has 1 fully saturated rings. The Kier molecular flexibility index (Phi) is 9.48. The number of methoxy groups -OCH3 is 1. The van der Waals surface area contributed by atoms with Crippen molar-refractivity contribution in [3.63, 3.8) is 0 Å². The van der Waals surface area contributed by atoms with Crippen LogP contribution in [-0.2, 0) is 14.3 Å². The smallest absolute Gasteiger partial charge is 0.306 e. The van der Waals surface area contributed by atoms with Crippen LogP contribution in [0.2, 0.25) is 0 Å². The Labute approximate surface area is 138 Å². The number of ether oxygens (including phenoxy) is 2. The van der Waals surface area contributed by atoms with Gasteiger partial charge in [-0.25, -0.2) is 0 Å². The first-order valence-corrected chi connectivity index (χ1v) is 8.62. The van der Waals surface area contributed by atoms with Crippen molar-refractivity contribution in [2.24, 2.45) is 0 Å². The summed E-state index contributed by atoms with van der Waals surface area (Å²) >= 11 is 6.70. The molecule has 1 aliphatic heterocycles. The van der Waals surface area contributed by atoms with Gasteiger partial charge in [0.25, 0.3) is 0 Å². The highest BCUT2D eigenvalue weighted by Gasteiger charge is 2.20. The lowest BCUT2D eigenvalue weighted by Gasteiger charge is -2.11. The molecule has 0 bridgehead atoms. The minimum absolute atomic E-state index is 0.0541. The average Bonchev–Trinajstić information content (AvgIpc) is 2.82. The Morgan fingerprint density at radius 3 is 2.85 bits per heavy atom. The molecule has 1 aliphatic rings. The van der Waals surface area contributed by atoms with Crippen LogP contribution in [0, 0.1) is 0 Å². The molecule has 1 rings (SSSR count). The van der Waals surface area contributed by atoms with Crippen molar-refractivity contribution >= 4 is 37.8 Å². The molecule has 0 saturated carbocycles. The molecule has 0 N–H and O–H groups in total. The third-order valence-corrected chi connectivity index (χ3v) is 3.90. The number of esters is 1. The summed E-state index contributed by atoms with van der Waals surface area (Å²) in [5.74, 6) is -0.0976. The SMILES string of the molecule is CO[C@H](/C=C/[C@@H]1CCC(=O)O1)CCCCCC=C(Br)Br. The highest BCUT2D eigenvalue weighted by Crippen LogP contribution is 2.17. The van der Waals surface area contributed by atoms with Gasteiger partial charge < -0.3 is 9.47 Å². The van der Waals surface area contributed by atoms with E-state index in [1.807, 2.05) is 12.2 Å². The summed E-state index contributed by atoms with van der Waals surface area (Å²) in [6, 6.07) is 0. The maximum atomic E-state index is 11.0. The van der Waals surface area contributed by atoms with E-state index in [0.717, 1.165) is 29.1 Å². The second kappa shape index (κ2) is 10.6. The van der Waals surface area contributed by atoms with E-state index in [1.54, 1.807) is 7.11 Å². The highest BCUT2D eigenvalue weighted by atomic mass is 79.9. The van der Waals surface area contributed by atoms with E-state index in [4.69, 9.17) is 9.47 Å². The van der Waals surface area contributed by atoms with Gasteiger partial charge >= 0.3 is 5.97 Å². The number of carbonyl (C=O) groups is 1. The Morgan fingerprint density at radius 1 is 1.45 bits per heavy atom. The van der Waals surface area contributed by atoms with Crippen LogP contribution in [0.15, 0.2) is 21.6 Å². The summed E-state index contributed by atoms with van der Waals surface area (Å²) in [7, 11) is 1.72. The predicted octanol–water partition coefficient (Wildman–Crippen LogP) is 4.84. The van der Waals surface area contributed by atoms with Gasteiger partial charge in [0.1, 0.15) is 6.10 Å². The summed E-state index contributed by atoms with van der Waals surface area (Å²) in [5, 5.41) is 0. The van der Waals surface area contributed by atoms with Crippen molar-refractivity contribution in [3.05, 3.63) is 21.6 Å². The lowest BCUT2D eigenvalue weighted by molar-refractivity contribution is -0.140. The summed E-state index contributed by atoms with van der Waals surface area (Å²) in [5.41, 5.74) is 0. The van der Waals surface area contributed by atoms with Crippen molar-refractivity contribution < 1.29 is 14.3 Å². The Morgan fingerprint density at radius 2 is 2.25 bits per heavy atom. The molecule has 0 aromatic carbocycles. The van der Waals surface area contributed by atoms with Gasteiger partial charge in [-0.3, -0.25) is 4.79 Å². The van der Waals surface area contributed by atoms with Crippen LogP contribution in [0.25, 0.3) is 0 Å². The molecular formula is C15H22Br2O3. The van der Waals surface area contributed by atoms with Gasteiger partial charge in [0, 0.05) is 13.5 Å². The van der Waals surface area contributed by atoms with Crippen LogP contribution in [0.1, 0.15) is 44.9 Å². The van der Waals surface area contributed by atoms with E-state index in [9.17, 15) is 4.79 Å². The first-order valence-electron chi connectivity index (χ1n) is 7.03. The lowest BCUT2D eigenvalue weighted by Crippen LogP contribution is -2.09. The number of carbonyl (C=O) groups excluding carboxylic acids is 1. The summed E-state index contributed by atoms with van der Waals surface area (Å²) < 4.78 is 11.6. The third-order valence-electron chi connectivity index (χ3n) is 3.25. The number of hydrogen-bond donors (Lipinski definition) is 0.